The van der Waals surface area contributed by atoms with Gasteiger partial charge in [-0.3, -0.25) is 4.79 Å². The third-order valence-corrected chi connectivity index (χ3v) is 3.28. The molecule has 0 aromatic heterocycles. The summed E-state index contributed by atoms with van der Waals surface area (Å²) in [7, 11) is 0. The van der Waals surface area contributed by atoms with E-state index >= 15 is 0 Å². The van der Waals surface area contributed by atoms with Crippen LogP contribution in [0.4, 0.5) is 26.3 Å². The zero-order valence-electron chi connectivity index (χ0n) is 10.1. The van der Waals surface area contributed by atoms with Gasteiger partial charge in [-0.1, -0.05) is 0 Å². The molecule has 1 aliphatic rings. The normalized spacial score (nSPS) is 22.2. The van der Waals surface area contributed by atoms with Crippen LogP contribution in [0.2, 0.25) is 0 Å². The predicted octanol–water partition coefficient (Wildman–Crippen LogP) is 2.07. The number of carbonyl (C=O) groups excluding carboxylic acids is 1. The van der Waals surface area contributed by atoms with E-state index in [1.165, 1.54) is 0 Å². The van der Waals surface area contributed by atoms with Crippen LogP contribution in [-0.2, 0) is 4.79 Å². The Hall–Kier alpha value is -0.990. The van der Waals surface area contributed by atoms with E-state index in [9.17, 15) is 31.1 Å². The summed E-state index contributed by atoms with van der Waals surface area (Å²) in [5.41, 5.74) is 1.88. The second kappa shape index (κ2) is 4.84. The second-order valence-electron chi connectivity index (χ2n) is 4.81. The van der Waals surface area contributed by atoms with Gasteiger partial charge in [0.05, 0.1) is 5.92 Å². The van der Waals surface area contributed by atoms with Crippen molar-refractivity contribution in [2.24, 2.45) is 11.7 Å². The quantitative estimate of drug-likeness (QED) is 0.752. The molecule has 1 rings (SSSR count). The topological polar surface area (TPSA) is 46.3 Å². The number of alkyl halides is 6. The number of likely N-dealkylation sites (tertiary alicyclic amines) is 1. The number of nitrogens with two attached hydrogens (primary N) is 1. The number of hydrogen-bond donors (Lipinski definition) is 1. The molecule has 1 atom stereocenters. The molecule has 0 aromatic rings. The lowest BCUT2D eigenvalue weighted by Gasteiger charge is -2.37. The summed E-state index contributed by atoms with van der Waals surface area (Å²) in [5.74, 6) is -2.97. The maximum atomic E-state index is 12.6. The second-order valence-corrected chi connectivity index (χ2v) is 4.81. The Bertz CT molecular complexity index is 341. The maximum Gasteiger partial charge on any atom is 0.415 e. The van der Waals surface area contributed by atoms with Gasteiger partial charge < -0.3 is 10.6 Å². The van der Waals surface area contributed by atoms with Crippen molar-refractivity contribution in [3.63, 3.8) is 0 Å². The third kappa shape index (κ3) is 3.31. The van der Waals surface area contributed by atoms with E-state index < -0.39 is 42.6 Å². The molecule has 0 saturated carbocycles. The number of piperidine rings is 1. The first-order valence-electron chi connectivity index (χ1n) is 5.59. The minimum atomic E-state index is -4.94. The van der Waals surface area contributed by atoms with Gasteiger partial charge in [-0.05, 0) is 19.8 Å². The van der Waals surface area contributed by atoms with Crippen LogP contribution in [0.5, 0.6) is 0 Å². The number of amides is 1. The van der Waals surface area contributed by atoms with E-state index in [0.29, 0.717) is 6.92 Å². The molecular formula is C10H14F6N2O. The zero-order valence-corrected chi connectivity index (χ0v) is 10.1. The van der Waals surface area contributed by atoms with Gasteiger partial charge in [-0.25, -0.2) is 0 Å². The fourth-order valence-electron chi connectivity index (χ4n) is 1.86. The van der Waals surface area contributed by atoms with Gasteiger partial charge in [-0.15, -0.1) is 0 Å². The highest BCUT2D eigenvalue weighted by molar-refractivity contribution is 5.86. The fourth-order valence-corrected chi connectivity index (χ4v) is 1.86. The van der Waals surface area contributed by atoms with Gasteiger partial charge in [-0.2, -0.15) is 26.3 Å². The highest BCUT2D eigenvalue weighted by Crippen LogP contribution is 2.36. The first kappa shape index (κ1) is 16.1. The summed E-state index contributed by atoms with van der Waals surface area (Å²) in [6.07, 6.45) is -10.1. The summed E-state index contributed by atoms with van der Waals surface area (Å²) in [5, 5.41) is 0. The van der Waals surface area contributed by atoms with Gasteiger partial charge in [0.15, 0.2) is 5.54 Å². The summed E-state index contributed by atoms with van der Waals surface area (Å²) in [6.45, 7) is -0.219. The van der Waals surface area contributed by atoms with Crippen molar-refractivity contribution in [3.8, 4) is 0 Å². The number of nitrogens with zero attached hydrogens (tertiary/aromatic N) is 1. The molecule has 0 spiro atoms. The molecule has 0 radical (unpaired) electrons. The summed E-state index contributed by atoms with van der Waals surface area (Å²) >= 11 is 0. The Morgan fingerprint density at radius 1 is 1.11 bits per heavy atom. The molecule has 2 N–H and O–H groups in total. The minimum absolute atomic E-state index is 0.369. The number of halogens is 6. The minimum Gasteiger partial charge on any atom is -0.341 e. The summed E-state index contributed by atoms with van der Waals surface area (Å²) in [4.78, 5) is 12.4. The van der Waals surface area contributed by atoms with Crippen molar-refractivity contribution in [1.29, 1.82) is 0 Å². The van der Waals surface area contributed by atoms with Crippen molar-refractivity contribution in [3.05, 3.63) is 0 Å². The Balaban J connectivity index is 2.69. The summed E-state index contributed by atoms with van der Waals surface area (Å²) < 4.78 is 74.8. The van der Waals surface area contributed by atoms with E-state index in [1.54, 1.807) is 0 Å². The van der Waals surface area contributed by atoms with Crippen molar-refractivity contribution in [2.75, 3.05) is 13.1 Å². The molecule has 1 heterocycles. The van der Waals surface area contributed by atoms with Crippen LogP contribution in [0, 0.1) is 5.92 Å². The Morgan fingerprint density at radius 3 is 1.84 bits per heavy atom. The van der Waals surface area contributed by atoms with Gasteiger partial charge >= 0.3 is 12.4 Å². The number of rotatable bonds is 1. The van der Waals surface area contributed by atoms with Crippen LogP contribution in [0.1, 0.15) is 19.8 Å². The Labute approximate surface area is 105 Å². The SMILES string of the molecule is CC(N)(C(=O)N1CCC(C(F)(F)F)CC1)C(F)(F)F. The Kier molecular flexibility index (Phi) is 4.09. The van der Waals surface area contributed by atoms with Crippen LogP contribution < -0.4 is 5.73 Å². The molecule has 3 nitrogen and oxygen atoms in total. The van der Waals surface area contributed by atoms with Crippen LogP contribution in [-0.4, -0.2) is 41.8 Å². The molecule has 1 aliphatic heterocycles. The van der Waals surface area contributed by atoms with Gasteiger partial charge in [0.25, 0.3) is 5.91 Å². The molecule has 0 aliphatic carbocycles. The lowest BCUT2D eigenvalue weighted by molar-refractivity contribution is -0.201. The van der Waals surface area contributed by atoms with E-state index in [0.717, 1.165) is 4.90 Å². The van der Waals surface area contributed by atoms with E-state index in [1.807, 2.05) is 0 Å². The van der Waals surface area contributed by atoms with Crippen molar-refractivity contribution >= 4 is 5.91 Å². The fraction of sp³-hybridized carbons (Fsp3) is 0.900. The highest BCUT2D eigenvalue weighted by Gasteiger charge is 2.56. The zero-order chi connectivity index (χ0) is 15.1. The van der Waals surface area contributed by atoms with E-state index in [-0.39, 0.29) is 13.1 Å². The summed E-state index contributed by atoms with van der Waals surface area (Å²) in [6, 6.07) is 0. The third-order valence-electron chi connectivity index (χ3n) is 3.28. The van der Waals surface area contributed by atoms with Gasteiger partial charge in [0, 0.05) is 13.1 Å². The lowest BCUT2D eigenvalue weighted by Crippen LogP contribution is -2.63. The van der Waals surface area contributed by atoms with Crippen LogP contribution in [0.15, 0.2) is 0 Å². The van der Waals surface area contributed by atoms with E-state index in [2.05, 4.69) is 0 Å². The first-order valence-corrected chi connectivity index (χ1v) is 5.59. The molecule has 1 fully saturated rings. The molecule has 19 heavy (non-hydrogen) atoms. The van der Waals surface area contributed by atoms with Crippen LogP contribution in [0.3, 0.4) is 0 Å². The van der Waals surface area contributed by atoms with E-state index in [4.69, 9.17) is 5.73 Å². The molecule has 1 saturated heterocycles. The number of carbonyl (C=O) groups is 1. The molecule has 9 heteroatoms. The first-order chi connectivity index (χ1) is 8.37. The van der Waals surface area contributed by atoms with Crippen molar-refractivity contribution in [2.45, 2.75) is 37.7 Å². The molecule has 0 bridgehead atoms. The monoisotopic (exact) mass is 292 g/mol. The smallest absolute Gasteiger partial charge is 0.341 e. The average Bonchev–Trinajstić information content (AvgIpc) is 2.25. The predicted molar refractivity (Wildman–Crippen MR) is 54.0 cm³/mol. The standard InChI is InChI=1S/C10H14F6N2O/c1-8(17,10(14,15)16)7(19)18-4-2-6(3-5-18)9(11,12)13/h6H,2-5,17H2,1H3. The van der Waals surface area contributed by atoms with Gasteiger partial charge in [0.1, 0.15) is 0 Å². The molecule has 112 valence electrons. The molecule has 1 amide bonds. The van der Waals surface area contributed by atoms with Crippen molar-refractivity contribution < 1.29 is 31.1 Å². The highest BCUT2D eigenvalue weighted by atomic mass is 19.4. The molecular weight excluding hydrogens is 278 g/mol. The maximum absolute atomic E-state index is 12.6. The average molecular weight is 292 g/mol. The molecule has 1 unspecified atom stereocenters. The molecule has 0 aromatic carbocycles. The lowest BCUT2D eigenvalue weighted by atomic mass is 9.93. The Morgan fingerprint density at radius 2 is 1.53 bits per heavy atom. The van der Waals surface area contributed by atoms with Crippen LogP contribution in [0.25, 0.3) is 0 Å². The van der Waals surface area contributed by atoms with Crippen LogP contribution >= 0.6 is 0 Å². The van der Waals surface area contributed by atoms with Crippen molar-refractivity contribution in [1.82, 2.24) is 4.90 Å². The number of hydrogen-bond acceptors (Lipinski definition) is 2. The largest absolute Gasteiger partial charge is 0.415 e. The van der Waals surface area contributed by atoms with Gasteiger partial charge in [0.2, 0.25) is 0 Å².